The number of nitrogens with zero attached hydrogens (tertiary/aromatic N) is 3. The van der Waals surface area contributed by atoms with Crippen molar-refractivity contribution in [2.24, 2.45) is 0 Å². The number of aromatic nitrogens is 2. The highest BCUT2D eigenvalue weighted by molar-refractivity contribution is 7.17. The van der Waals surface area contributed by atoms with Gasteiger partial charge in [-0.3, -0.25) is 14.2 Å². The fraction of sp³-hybridized carbons (Fsp3) is 0.409. The van der Waals surface area contributed by atoms with Crippen LogP contribution in [0.4, 0.5) is 0 Å². The molecule has 0 aliphatic heterocycles. The molecule has 0 unspecified atom stereocenters. The summed E-state index contributed by atoms with van der Waals surface area (Å²) in [6.07, 6.45) is 3.30. The third-order valence-corrected chi connectivity index (χ3v) is 5.91. The lowest BCUT2D eigenvalue weighted by Crippen LogP contribution is -2.37. The molecule has 6 heteroatoms. The van der Waals surface area contributed by atoms with E-state index in [4.69, 9.17) is 0 Å². The molecule has 5 nitrogen and oxygen atoms in total. The molecular formula is C22H27N3O2S. The van der Waals surface area contributed by atoms with Gasteiger partial charge in [-0.15, -0.1) is 11.3 Å². The maximum absolute atomic E-state index is 13.2. The lowest BCUT2D eigenvalue weighted by Gasteiger charge is -2.21. The highest BCUT2D eigenvalue weighted by Crippen LogP contribution is 2.31. The minimum absolute atomic E-state index is 0.0317. The van der Waals surface area contributed by atoms with Crippen LogP contribution in [0.5, 0.6) is 0 Å². The van der Waals surface area contributed by atoms with Crippen LogP contribution in [0.25, 0.3) is 21.3 Å². The maximum atomic E-state index is 13.2. The van der Waals surface area contributed by atoms with Gasteiger partial charge in [0.05, 0.1) is 11.7 Å². The first-order valence-corrected chi connectivity index (χ1v) is 10.7. The molecule has 2 heterocycles. The van der Waals surface area contributed by atoms with E-state index in [2.05, 4.69) is 44.8 Å². The SMILES string of the molecule is CCCN(CCC)C(=O)Cn1cnc2scc(-c3ccc(C)c(C)c3)c2c1=O. The molecule has 0 aliphatic rings. The van der Waals surface area contributed by atoms with Gasteiger partial charge >= 0.3 is 0 Å². The smallest absolute Gasteiger partial charge is 0.263 e. The third-order valence-electron chi connectivity index (χ3n) is 5.02. The van der Waals surface area contributed by atoms with Crippen molar-refractivity contribution in [1.29, 1.82) is 0 Å². The minimum Gasteiger partial charge on any atom is -0.341 e. The molecule has 0 N–H and O–H groups in total. The second kappa shape index (κ2) is 8.69. The first-order chi connectivity index (χ1) is 13.5. The van der Waals surface area contributed by atoms with Gasteiger partial charge in [-0.05, 0) is 43.4 Å². The Morgan fingerprint density at radius 1 is 1.14 bits per heavy atom. The monoisotopic (exact) mass is 397 g/mol. The fourth-order valence-corrected chi connectivity index (χ4v) is 4.25. The van der Waals surface area contributed by atoms with E-state index in [0.29, 0.717) is 23.3 Å². The number of aryl methyl sites for hydroxylation is 2. The van der Waals surface area contributed by atoms with Crippen LogP contribution in [-0.4, -0.2) is 33.4 Å². The zero-order valence-corrected chi connectivity index (χ0v) is 17.8. The number of fused-ring (bicyclic) bond motifs is 1. The topological polar surface area (TPSA) is 55.2 Å². The van der Waals surface area contributed by atoms with Gasteiger partial charge in [0.25, 0.3) is 5.56 Å². The summed E-state index contributed by atoms with van der Waals surface area (Å²) in [4.78, 5) is 32.8. The summed E-state index contributed by atoms with van der Waals surface area (Å²) in [5.74, 6) is -0.0325. The van der Waals surface area contributed by atoms with Gasteiger partial charge in [0, 0.05) is 24.0 Å². The van der Waals surface area contributed by atoms with Gasteiger partial charge in [0.1, 0.15) is 11.4 Å². The third kappa shape index (κ3) is 4.02. The van der Waals surface area contributed by atoms with Crippen molar-refractivity contribution in [3.8, 4) is 11.1 Å². The van der Waals surface area contributed by atoms with E-state index in [9.17, 15) is 9.59 Å². The lowest BCUT2D eigenvalue weighted by atomic mass is 10.0. The Hall–Kier alpha value is -2.47. The fourth-order valence-electron chi connectivity index (χ4n) is 3.35. The Kier molecular flexibility index (Phi) is 6.29. The maximum Gasteiger partial charge on any atom is 0.263 e. The standard InChI is InChI=1S/C22H27N3O2S/c1-5-9-24(10-6-2)19(26)12-25-14-23-21-20(22(25)27)18(13-28-21)17-8-7-15(3)16(4)11-17/h7-8,11,13-14H,5-6,9-10,12H2,1-4H3. The normalized spacial score (nSPS) is 11.1. The van der Waals surface area contributed by atoms with Gasteiger partial charge in [-0.2, -0.15) is 0 Å². The average Bonchev–Trinajstić information content (AvgIpc) is 3.11. The van der Waals surface area contributed by atoms with E-state index in [1.165, 1.54) is 33.4 Å². The molecule has 148 valence electrons. The molecule has 1 aromatic carbocycles. The number of thiophene rings is 1. The molecule has 0 bridgehead atoms. The zero-order valence-electron chi connectivity index (χ0n) is 17.0. The Labute approximate surface area is 169 Å². The number of amides is 1. The van der Waals surface area contributed by atoms with Crippen molar-refractivity contribution in [1.82, 2.24) is 14.5 Å². The van der Waals surface area contributed by atoms with Crippen molar-refractivity contribution >= 4 is 27.5 Å². The number of carbonyl (C=O) groups is 1. The summed E-state index contributed by atoms with van der Waals surface area (Å²) in [6.45, 7) is 9.70. The van der Waals surface area contributed by atoms with Gasteiger partial charge < -0.3 is 4.90 Å². The van der Waals surface area contributed by atoms with Crippen LogP contribution < -0.4 is 5.56 Å². The van der Waals surface area contributed by atoms with E-state index in [-0.39, 0.29) is 18.0 Å². The predicted octanol–water partition coefficient (Wildman–Crippen LogP) is 4.39. The second-order valence-corrected chi connectivity index (χ2v) is 8.05. The first-order valence-electron chi connectivity index (χ1n) is 9.78. The number of carbonyl (C=O) groups excluding carboxylic acids is 1. The van der Waals surface area contributed by atoms with Crippen LogP contribution in [0.15, 0.2) is 34.7 Å². The molecule has 0 saturated carbocycles. The van der Waals surface area contributed by atoms with Gasteiger partial charge in [-0.1, -0.05) is 32.0 Å². The predicted molar refractivity (Wildman–Crippen MR) is 116 cm³/mol. The summed E-state index contributed by atoms with van der Waals surface area (Å²) >= 11 is 1.46. The molecule has 3 rings (SSSR count). The molecule has 3 aromatic rings. The number of hydrogen-bond donors (Lipinski definition) is 0. The van der Waals surface area contributed by atoms with Crippen LogP contribution in [0, 0.1) is 13.8 Å². The Morgan fingerprint density at radius 3 is 2.50 bits per heavy atom. The molecule has 0 radical (unpaired) electrons. The summed E-state index contributed by atoms with van der Waals surface area (Å²) in [7, 11) is 0. The van der Waals surface area contributed by atoms with Crippen molar-refractivity contribution < 1.29 is 4.79 Å². The molecule has 2 aromatic heterocycles. The van der Waals surface area contributed by atoms with Crippen molar-refractivity contribution in [2.45, 2.75) is 47.1 Å². The molecule has 0 saturated heterocycles. The molecule has 0 aliphatic carbocycles. The zero-order chi connectivity index (χ0) is 20.3. The van der Waals surface area contributed by atoms with E-state index >= 15 is 0 Å². The van der Waals surface area contributed by atoms with Crippen LogP contribution in [-0.2, 0) is 11.3 Å². The average molecular weight is 398 g/mol. The molecule has 0 atom stereocenters. The Balaban J connectivity index is 2.00. The van der Waals surface area contributed by atoms with Gasteiger partial charge in [0.15, 0.2) is 0 Å². The highest BCUT2D eigenvalue weighted by Gasteiger charge is 2.17. The molecule has 1 amide bonds. The largest absolute Gasteiger partial charge is 0.341 e. The molecular weight excluding hydrogens is 370 g/mol. The number of hydrogen-bond acceptors (Lipinski definition) is 4. The van der Waals surface area contributed by atoms with Crippen LogP contribution in [0.1, 0.15) is 37.8 Å². The lowest BCUT2D eigenvalue weighted by molar-refractivity contribution is -0.132. The Bertz CT molecular complexity index is 1050. The van der Waals surface area contributed by atoms with E-state index in [0.717, 1.165) is 24.0 Å². The molecule has 0 spiro atoms. The van der Waals surface area contributed by atoms with Crippen molar-refractivity contribution in [2.75, 3.05) is 13.1 Å². The Morgan fingerprint density at radius 2 is 1.86 bits per heavy atom. The van der Waals surface area contributed by atoms with Gasteiger partial charge in [0.2, 0.25) is 5.91 Å². The van der Waals surface area contributed by atoms with Crippen molar-refractivity contribution in [3.63, 3.8) is 0 Å². The van der Waals surface area contributed by atoms with Gasteiger partial charge in [-0.25, -0.2) is 4.98 Å². The first kappa shape index (κ1) is 20.3. The van der Waals surface area contributed by atoms with Crippen molar-refractivity contribution in [3.05, 3.63) is 51.4 Å². The summed E-state index contributed by atoms with van der Waals surface area (Å²) in [6, 6.07) is 6.21. The van der Waals surface area contributed by atoms with Crippen LogP contribution in [0.3, 0.4) is 0 Å². The molecule has 0 fully saturated rings. The quantitative estimate of drug-likeness (QED) is 0.594. The van der Waals surface area contributed by atoms with E-state index < -0.39 is 0 Å². The second-order valence-electron chi connectivity index (χ2n) is 7.19. The van der Waals surface area contributed by atoms with Crippen LogP contribution >= 0.6 is 11.3 Å². The minimum atomic E-state index is -0.152. The molecule has 28 heavy (non-hydrogen) atoms. The number of benzene rings is 1. The van der Waals surface area contributed by atoms with Crippen LogP contribution in [0.2, 0.25) is 0 Å². The van der Waals surface area contributed by atoms with E-state index in [1.807, 2.05) is 16.3 Å². The highest BCUT2D eigenvalue weighted by atomic mass is 32.1. The number of rotatable bonds is 7. The van der Waals surface area contributed by atoms with E-state index in [1.54, 1.807) is 0 Å². The summed E-state index contributed by atoms with van der Waals surface area (Å²) in [5, 5.41) is 2.58. The summed E-state index contributed by atoms with van der Waals surface area (Å²) in [5.41, 5.74) is 4.15. The summed E-state index contributed by atoms with van der Waals surface area (Å²) < 4.78 is 1.44.